The number of hydrogen-bond donors (Lipinski definition) is 5. The summed E-state index contributed by atoms with van der Waals surface area (Å²) in [5, 5.41) is 29.8. The maximum absolute atomic E-state index is 11.2. The third-order valence-corrected chi connectivity index (χ3v) is 3.30. The Hall–Kier alpha value is -1.50. The third-order valence-electron chi connectivity index (χ3n) is 3.05. The van der Waals surface area contributed by atoms with E-state index in [0.29, 0.717) is 16.7 Å². The van der Waals surface area contributed by atoms with E-state index in [2.05, 4.69) is 17.6 Å². The number of carbonyl (C=O) groups is 1. The Bertz CT molecular complexity index is 595. The van der Waals surface area contributed by atoms with Crippen molar-refractivity contribution < 1.29 is 20.1 Å². The fourth-order valence-electron chi connectivity index (χ4n) is 2.12. The van der Waals surface area contributed by atoms with Crippen LogP contribution >= 0.6 is 12.6 Å². The van der Waals surface area contributed by atoms with E-state index >= 15 is 0 Å². The first-order valence-corrected chi connectivity index (χ1v) is 6.50. The van der Waals surface area contributed by atoms with Gasteiger partial charge in [-0.2, -0.15) is 12.6 Å². The summed E-state index contributed by atoms with van der Waals surface area (Å²) in [5.74, 6) is -0.758. The molecule has 2 atom stereocenters. The Labute approximate surface area is 115 Å². The van der Waals surface area contributed by atoms with E-state index in [0.717, 1.165) is 0 Å². The molecule has 2 rings (SSSR count). The summed E-state index contributed by atoms with van der Waals surface area (Å²) in [6.45, 7) is 0. The van der Waals surface area contributed by atoms with Gasteiger partial charge in [-0.3, -0.25) is 0 Å². The molecule has 0 aliphatic heterocycles. The molecular weight excluding hydrogens is 266 g/mol. The molecule has 0 radical (unpaired) electrons. The van der Waals surface area contributed by atoms with E-state index in [9.17, 15) is 20.1 Å². The van der Waals surface area contributed by atoms with Gasteiger partial charge in [-0.1, -0.05) is 18.2 Å². The number of H-pyrrole nitrogens is 1. The maximum Gasteiger partial charge on any atom is 0.352 e. The van der Waals surface area contributed by atoms with E-state index < -0.39 is 18.2 Å². The number of para-hydroxylation sites is 1. The second kappa shape index (κ2) is 5.64. The molecule has 102 valence electrons. The van der Waals surface area contributed by atoms with Crippen molar-refractivity contribution in [2.45, 2.75) is 18.6 Å². The van der Waals surface area contributed by atoms with Crippen LogP contribution in [0.2, 0.25) is 0 Å². The van der Waals surface area contributed by atoms with Gasteiger partial charge in [0.2, 0.25) is 0 Å². The molecule has 0 aliphatic carbocycles. The van der Waals surface area contributed by atoms with Crippen LogP contribution < -0.4 is 0 Å². The van der Waals surface area contributed by atoms with Crippen molar-refractivity contribution in [1.29, 1.82) is 0 Å². The molecule has 0 saturated heterocycles. The molecule has 0 spiro atoms. The third kappa shape index (κ3) is 2.60. The van der Waals surface area contributed by atoms with E-state index in [-0.39, 0.29) is 17.7 Å². The Morgan fingerprint density at radius 3 is 2.63 bits per heavy atom. The summed E-state index contributed by atoms with van der Waals surface area (Å²) in [6, 6.07) is 6.96. The summed E-state index contributed by atoms with van der Waals surface area (Å²) in [6.07, 6.45) is -2.02. The number of aromatic nitrogens is 1. The number of rotatable bonds is 5. The number of aliphatic hydroxyl groups is 2. The highest BCUT2D eigenvalue weighted by Crippen LogP contribution is 2.31. The van der Waals surface area contributed by atoms with E-state index in [4.69, 9.17) is 0 Å². The van der Waals surface area contributed by atoms with Crippen molar-refractivity contribution >= 4 is 29.5 Å². The molecule has 5 nitrogen and oxygen atoms in total. The number of thiol groups is 1. The van der Waals surface area contributed by atoms with Crippen molar-refractivity contribution in [3.05, 3.63) is 35.5 Å². The molecule has 1 heterocycles. The molecule has 0 amide bonds. The fourth-order valence-corrected chi connectivity index (χ4v) is 2.39. The SMILES string of the molecule is O=C(O)c1[nH]c2ccccc2c1C(O)C(O)CCS. The van der Waals surface area contributed by atoms with Crippen molar-refractivity contribution in [2.24, 2.45) is 0 Å². The van der Waals surface area contributed by atoms with Gasteiger partial charge in [0.05, 0.1) is 6.10 Å². The zero-order valence-corrected chi connectivity index (χ0v) is 11.0. The summed E-state index contributed by atoms with van der Waals surface area (Å²) in [4.78, 5) is 14.0. The Morgan fingerprint density at radius 2 is 2.00 bits per heavy atom. The lowest BCUT2D eigenvalue weighted by molar-refractivity contribution is 0.0171. The molecule has 19 heavy (non-hydrogen) atoms. The Kier molecular flexibility index (Phi) is 4.14. The molecule has 2 aromatic rings. The van der Waals surface area contributed by atoms with Gasteiger partial charge in [-0.15, -0.1) is 0 Å². The number of nitrogens with one attached hydrogen (secondary N) is 1. The number of aromatic amines is 1. The standard InChI is InChI=1S/C13H15NO4S/c15-9(5-6-19)12(16)10-7-3-1-2-4-8(7)14-11(10)13(17)18/h1-4,9,12,14-16,19H,5-6H2,(H,17,18). The van der Waals surface area contributed by atoms with Gasteiger partial charge >= 0.3 is 5.97 Å². The predicted octanol–water partition coefficient (Wildman–Crippen LogP) is 1.58. The number of carboxylic acid groups (broad SMARTS) is 1. The van der Waals surface area contributed by atoms with E-state index in [1.54, 1.807) is 24.3 Å². The first kappa shape index (κ1) is 13.9. The van der Waals surface area contributed by atoms with Gasteiger partial charge in [0, 0.05) is 16.5 Å². The van der Waals surface area contributed by atoms with Crippen molar-refractivity contribution in [3.8, 4) is 0 Å². The predicted molar refractivity (Wildman–Crippen MR) is 74.7 cm³/mol. The number of fused-ring (bicyclic) bond motifs is 1. The summed E-state index contributed by atoms with van der Waals surface area (Å²) < 4.78 is 0. The van der Waals surface area contributed by atoms with Gasteiger partial charge in [-0.25, -0.2) is 4.79 Å². The summed E-state index contributed by atoms with van der Waals surface area (Å²) in [5.41, 5.74) is 0.747. The van der Waals surface area contributed by atoms with Gasteiger partial charge in [0.1, 0.15) is 11.8 Å². The van der Waals surface area contributed by atoms with E-state index in [1.165, 1.54) is 0 Å². The number of carboxylic acids is 1. The van der Waals surface area contributed by atoms with Crippen molar-refractivity contribution in [3.63, 3.8) is 0 Å². The molecule has 4 N–H and O–H groups in total. The summed E-state index contributed by atoms with van der Waals surface area (Å²) >= 11 is 4.00. The maximum atomic E-state index is 11.2. The van der Waals surface area contributed by atoms with Crippen LogP contribution in [0.15, 0.2) is 24.3 Å². The molecule has 6 heteroatoms. The lowest BCUT2D eigenvalue weighted by Crippen LogP contribution is -2.20. The molecule has 1 aromatic carbocycles. The number of aromatic carboxylic acids is 1. The molecule has 2 unspecified atom stereocenters. The van der Waals surface area contributed by atoms with Gasteiger partial charge in [-0.05, 0) is 18.2 Å². The van der Waals surface area contributed by atoms with Crippen LogP contribution in [0.1, 0.15) is 28.6 Å². The first-order valence-electron chi connectivity index (χ1n) is 5.87. The minimum absolute atomic E-state index is 0.0908. The van der Waals surface area contributed by atoms with E-state index in [1.807, 2.05) is 0 Å². The molecule has 1 aromatic heterocycles. The van der Waals surface area contributed by atoms with Crippen LogP contribution in [-0.2, 0) is 0 Å². The van der Waals surface area contributed by atoms with Crippen molar-refractivity contribution in [1.82, 2.24) is 4.98 Å². The second-order valence-electron chi connectivity index (χ2n) is 4.29. The quantitative estimate of drug-likeness (QED) is 0.538. The van der Waals surface area contributed by atoms with Crippen LogP contribution in [0.4, 0.5) is 0 Å². The van der Waals surface area contributed by atoms with Crippen LogP contribution in [0, 0.1) is 0 Å². The minimum Gasteiger partial charge on any atom is -0.477 e. The average molecular weight is 281 g/mol. The molecular formula is C13H15NO4S. The smallest absolute Gasteiger partial charge is 0.352 e. The van der Waals surface area contributed by atoms with Crippen LogP contribution in [0.5, 0.6) is 0 Å². The normalized spacial score (nSPS) is 14.5. The zero-order chi connectivity index (χ0) is 14.0. The van der Waals surface area contributed by atoms with Gasteiger partial charge in [0.15, 0.2) is 0 Å². The lowest BCUT2D eigenvalue weighted by atomic mass is 9.99. The molecule has 0 saturated carbocycles. The highest BCUT2D eigenvalue weighted by Gasteiger charge is 2.27. The first-order chi connectivity index (χ1) is 9.06. The monoisotopic (exact) mass is 281 g/mol. The van der Waals surface area contributed by atoms with Gasteiger partial charge < -0.3 is 20.3 Å². The largest absolute Gasteiger partial charge is 0.477 e. The summed E-state index contributed by atoms with van der Waals surface area (Å²) in [7, 11) is 0. The fraction of sp³-hybridized carbons (Fsp3) is 0.308. The van der Waals surface area contributed by atoms with Crippen LogP contribution in [0.25, 0.3) is 10.9 Å². The average Bonchev–Trinajstić information content (AvgIpc) is 2.77. The topological polar surface area (TPSA) is 93.5 Å². The zero-order valence-electron chi connectivity index (χ0n) is 10.1. The second-order valence-corrected chi connectivity index (χ2v) is 4.74. The number of hydrogen-bond acceptors (Lipinski definition) is 4. The van der Waals surface area contributed by atoms with Crippen LogP contribution in [-0.4, -0.2) is 38.1 Å². The number of benzene rings is 1. The Balaban J connectivity index is 2.56. The highest BCUT2D eigenvalue weighted by molar-refractivity contribution is 7.80. The van der Waals surface area contributed by atoms with Crippen LogP contribution in [0.3, 0.4) is 0 Å². The lowest BCUT2D eigenvalue weighted by Gasteiger charge is -2.17. The minimum atomic E-state index is -1.26. The van der Waals surface area contributed by atoms with Crippen molar-refractivity contribution in [2.75, 3.05) is 5.75 Å². The molecule has 0 bridgehead atoms. The highest BCUT2D eigenvalue weighted by atomic mass is 32.1. The molecule has 0 fully saturated rings. The van der Waals surface area contributed by atoms with Gasteiger partial charge in [0.25, 0.3) is 0 Å². The number of aliphatic hydroxyl groups excluding tert-OH is 2. The molecule has 0 aliphatic rings. The Morgan fingerprint density at radius 1 is 1.32 bits per heavy atom.